The molecule has 1 aromatic carbocycles. The number of amides is 1. The van der Waals surface area contributed by atoms with E-state index in [9.17, 15) is 13.6 Å². The summed E-state index contributed by atoms with van der Waals surface area (Å²) < 4.78 is 34.4. The van der Waals surface area contributed by atoms with Crippen LogP contribution in [0.25, 0.3) is 10.2 Å². The maximum atomic E-state index is 12.5. The zero-order valence-corrected chi connectivity index (χ0v) is 16.9. The monoisotopic (exact) mass is 425 g/mol. The van der Waals surface area contributed by atoms with Gasteiger partial charge in [0.1, 0.15) is 16.2 Å². The van der Waals surface area contributed by atoms with E-state index in [0.29, 0.717) is 5.69 Å². The molecule has 3 aromatic rings. The van der Waals surface area contributed by atoms with Gasteiger partial charge in [-0.1, -0.05) is 11.8 Å². The summed E-state index contributed by atoms with van der Waals surface area (Å²) in [6.07, 6.45) is 1.48. The fourth-order valence-electron chi connectivity index (χ4n) is 2.53. The number of carbonyl (C=O) groups excluding carboxylic acids is 1. The number of alkyl halides is 2. The van der Waals surface area contributed by atoms with Gasteiger partial charge in [-0.05, 0) is 31.5 Å². The number of anilines is 1. The fourth-order valence-corrected chi connectivity index (χ4v) is 4.45. The molecule has 3 rings (SSSR count). The van der Waals surface area contributed by atoms with Crippen LogP contribution in [0.1, 0.15) is 10.4 Å². The summed E-state index contributed by atoms with van der Waals surface area (Å²) in [7, 11) is 1.35. The van der Waals surface area contributed by atoms with Gasteiger partial charge in [-0.2, -0.15) is 8.78 Å². The van der Waals surface area contributed by atoms with E-state index in [1.165, 1.54) is 37.3 Å². The lowest BCUT2D eigenvalue weighted by Gasteiger charge is -2.12. The Bertz CT molecular complexity index is 1010. The number of benzene rings is 1. The van der Waals surface area contributed by atoms with Gasteiger partial charge in [0.15, 0.2) is 11.5 Å². The number of aromatic nitrogens is 2. The number of carbonyl (C=O) groups is 1. The van der Waals surface area contributed by atoms with E-state index in [1.807, 2.05) is 13.8 Å². The average molecular weight is 425 g/mol. The van der Waals surface area contributed by atoms with Gasteiger partial charge in [-0.25, -0.2) is 9.97 Å². The number of rotatable bonds is 7. The number of fused-ring (bicyclic) bond motifs is 1. The van der Waals surface area contributed by atoms with E-state index in [0.717, 1.165) is 25.7 Å². The normalized spacial score (nSPS) is 11.1. The molecule has 6 nitrogen and oxygen atoms in total. The van der Waals surface area contributed by atoms with Crippen molar-refractivity contribution in [3.63, 3.8) is 0 Å². The lowest BCUT2D eigenvalue weighted by molar-refractivity contribution is -0.113. The molecule has 2 aromatic heterocycles. The zero-order chi connectivity index (χ0) is 20.3. The predicted molar refractivity (Wildman–Crippen MR) is 106 cm³/mol. The maximum absolute atomic E-state index is 12.5. The SMILES string of the molecule is COc1ccc(NC(=O)CSc2ncnc3sc(C)c(C)c23)cc1OC(F)F. The number of ether oxygens (including phenoxy) is 2. The molecule has 0 saturated heterocycles. The Balaban J connectivity index is 1.70. The Hall–Kier alpha value is -2.46. The summed E-state index contributed by atoms with van der Waals surface area (Å²) in [6, 6.07) is 4.30. The van der Waals surface area contributed by atoms with Gasteiger partial charge in [0.25, 0.3) is 0 Å². The third kappa shape index (κ3) is 4.50. The van der Waals surface area contributed by atoms with Crippen molar-refractivity contribution in [1.82, 2.24) is 9.97 Å². The number of nitrogens with zero attached hydrogens (tertiary/aromatic N) is 2. The molecular formula is C18H17F2N3O3S2. The highest BCUT2D eigenvalue weighted by Crippen LogP contribution is 2.35. The first kappa shape index (κ1) is 20.3. The Morgan fingerprint density at radius 2 is 2.07 bits per heavy atom. The van der Waals surface area contributed by atoms with Crippen molar-refractivity contribution in [3.05, 3.63) is 35.0 Å². The Labute approximate surface area is 168 Å². The van der Waals surface area contributed by atoms with Gasteiger partial charge in [0, 0.05) is 22.0 Å². The third-order valence-electron chi connectivity index (χ3n) is 3.93. The molecule has 1 amide bonds. The van der Waals surface area contributed by atoms with E-state index in [1.54, 1.807) is 17.4 Å². The first-order valence-corrected chi connectivity index (χ1v) is 9.95. The van der Waals surface area contributed by atoms with Gasteiger partial charge in [-0.3, -0.25) is 4.79 Å². The van der Waals surface area contributed by atoms with Crippen LogP contribution < -0.4 is 14.8 Å². The molecule has 0 aliphatic carbocycles. The summed E-state index contributed by atoms with van der Waals surface area (Å²) >= 11 is 2.88. The van der Waals surface area contributed by atoms with Crippen LogP contribution in [0.2, 0.25) is 0 Å². The minimum atomic E-state index is -2.99. The molecule has 0 atom stereocenters. The summed E-state index contributed by atoms with van der Waals surface area (Å²) in [4.78, 5) is 22.9. The Kier molecular flexibility index (Phi) is 6.30. The molecule has 28 heavy (non-hydrogen) atoms. The van der Waals surface area contributed by atoms with Crippen molar-refractivity contribution in [2.45, 2.75) is 25.5 Å². The first-order chi connectivity index (χ1) is 13.4. The van der Waals surface area contributed by atoms with E-state index in [4.69, 9.17) is 4.74 Å². The smallest absolute Gasteiger partial charge is 0.387 e. The van der Waals surface area contributed by atoms with Crippen molar-refractivity contribution >= 4 is 44.9 Å². The number of aryl methyl sites for hydroxylation is 2. The number of thiophene rings is 1. The minimum absolute atomic E-state index is 0.109. The molecule has 0 fully saturated rings. The molecule has 2 heterocycles. The predicted octanol–water partition coefficient (Wildman–Crippen LogP) is 4.65. The molecule has 0 saturated carbocycles. The molecule has 0 bridgehead atoms. The summed E-state index contributed by atoms with van der Waals surface area (Å²) in [6.45, 7) is 1.03. The van der Waals surface area contributed by atoms with Crippen LogP contribution in [0.4, 0.5) is 14.5 Å². The molecule has 10 heteroatoms. The first-order valence-electron chi connectivity index (χ1n) is 8.15. The second-order valence-electron chi connectivity index (χ2n) is 5.72. The summed E-state index contributed by atoms with van der Waals surface area (Å²) in [5.41, 5.74) is 1.44. The van der Waals surface area contributed by atoms with Crippen LogP contribution in [0.3, 0.4) is 0 Å². The molecule has 0 spiro atoms. The van der Waals surface area contributed by atoms with Crippen molar-refractivity contribution in [1.29, 1.82) is 0 Å². The molecule has 0 unspecified atom stereocenters. The Morgan fingerprint density at radius 1 is 1.29 bits per heavy atom. The number of halogens is 2. The molecule has 1 N–H and O–H groups in total. The molecule has 148 valence electrons. The van der Waals surface area contributed by atoms with Crippen molar-refractivity contribution in [2.75, 3.05) is 18.2 Å². The van der Waals surface area contributed by atoms with Gasteiger partial charge in [-0.15, -0.1) is 11.3 Å². The van der Waals surface area contributed by atoms with Crippen LogP contribution in [0.15, 0.2) is 29.6 Å². The van der Waals surface area contributed by atoms with Gasteiger partial charge >= 0.3 is 6.61 Å². The quantitative estimate of drug-likeness (QED) is 0.439. The second-order valence-corrected chi connectivity index (χ2v) is 7.89. The second kappa shape index (κ2) is 8.70. The van der Waals surface area contributed by atoms with Crippen molar-refractivity contribution in [2.24, 2.45) is 0 Å². The van der Waals surface area contributed by atoms with Crippen LogP contribution >= 0.6 is 23.1 Å². The number of hydrogen-bond donors (Lipinski definition) is 1. The minimum Gasteiger partial charge on any atom is -0.493 e. The van der Waals surface area contributed by atoms with Crippen LogP contribution in [0, 0.1) is 13.8 Å². The van der Waals surface area contributed by atoms with E-state index >= 15 is 0 Å². The van der Waals surface area contributed by atoms with Crippen LogP contribution in [0.5, 0.6) is 11.5 Å². The largest absolute Gasteiger partial charge is 0.493 e. The van der Waals surface area contributed by atoms with Gasteiger partial charge in [0.05, 0.1) is 12.9 Å². The average Bonchev–Trinajstić information content (AvgIpc) is 2.94. The van der Waals surface area contributed by atoms with Crippen LogP contribution in [-0.2, 0) is 4.79 Å². The van der Waals surface area contributed by atoms with Gasteiger partial charge in [0.2, 0.25) is 5.91 Å². The number of thioether (sulfide) groups is 1. The van der Waals surface area contributed by atoms with E-state index in [-0.39, 0.29) is 23.2 Å². The fraction of sp³-hybridized carbons (Fsp3) is 0.278. The lowest BCUT2D eigenvalue weighted by Crippen LogP contribution is -2.14. The lowest BCUT2D eigenvalue weighted by atomic mass is 10.2. The van der Waals surface area contributed by atoms with Crippen molar-refractivity contribution < 1.29 is 23.0 Å². The molecule has 0 aliphatic heterocycles. The topological polar surface area (TPSA) is 73.3 Å². The Morgan fingerprint density at radius 3 is 2.79 bits per heavy atom. The highest BCUT2D eigenvalue weighted by Gasteiger charge is 2.15. The standard InChI is InChI=1S/C18H17F2N3O3S2/c1-9-10(2)28-17-15(9)16(21-8-22-17)27-7-14(24)23-11-4-5-12(25-3)13(6-11)26-18(19)20/h4-6,8,18H,7H2,1-3H3,(H,23,24). The molecule has 0 aliphatic rings. The summed E-state index contributed by atoms with van der Waals surface area (Å²) in [5, 5.41) is 4.36. The maximum Gasteiger partial charge on any atom is 0.387 e. The zero-order valence-electron chi connectivity index (χ0n) is 15.3. The van der Waals surface area contributed by atoms with Gasteiger partial charge < -0.3 is 14.8 Å². The van der Waals surface area contributed by atoms with Crippen LogP contribution in [-0.4, -0.2) is 35.3 Å². The highest BCUT2D eigenvalue weighted by molar-refractivity contribution is 8.00. The number of nitrogens with one attached hydrogen (secondary N) is 1. The number of methoxy groups -OCH3 is 1. The van der Waals surface area contributed by atoms with Crippen molar-refractivity contribution in [3.8, 4) is 11.5 Å². The van der Waals surface area contributed by atoms with E-state index < -0.39 is 6.61 Å². The molecular weight excluding hydrogens is 408 g/mol. The van der Waals surface area contributed by atoms with E-state index in [2.05, 4.69) is 20.0 Å². The highest BCUT2D eigenvalue weighted by atomic mass is 32.2. The third-order valence-corrected chi connectivity index (χ3v) is 6.04. The molecule has 0 radical (unpaired) electrons. The number of hydrogen-bond acceptors (Lipinski definition) is 7. The summed E-state index contributed by atoms with van der Waals surface area (Å²) in [5.74, 6) is -0.184.